The summed E-state index contributed by atoms with van der Waals surface area (Å²) in [5, 5.41) is 2.75. The predicted octanol–water partition coefficient (Wildman–Crippen LogP) is 4.00. The lowest BCUT2D eigenvalue weighted by Gasteiger charge is -2.15. The van der Waals surface area contributed by atoms with Crippen molar-refractivity contribution in [1.82, 2.24) is 5.32 Å². The van der Waals surface area contributed by atoms with E-state index >= 15 is 0 Å². The van der Waals surface area contributed by atoms with Gasteiger partial charge in [0.1, 0.15) is 10.6 Å². The summed E-state index contributed by atoms with van der Waals surface area (Å²) < 4.78 is 10.5. The molecule has 1 aliphatic rings. The van der Waals surface area contributed by atoms with Gasteiger partial charge in [-0.25, -0.2) is 4.79 Å². The predicted molar refractivity (Wildman–Crippen MR) is 112 cm³/mol. The SMILES string of the molecule is COc1ccccc1CNC(=O)COC(=O)c1cc2c(s1)-c1ccccc1CC2. The second-order valence-corrected chi connectivity index (χ2v) is 7.84. The third-order valence-corrected chi connectivity index (χ3v) is 6.13. The van der Waals surface area contributed by atoms with Crippen molar-refractivity contribution in [3.63, 3.8) is 0 Å². The van der Waals surface area contributed by atoms with Crippen LogP contribution in [0.15, 0.2) is 54.6 Å². The van der Waals surface area contributed by atoms with E-state index in [0.29, 0.717) is 17.2 Å². The van der Waals surface area contributed by atoms with Crippen LogP contribution in [0.2, 0.25) is 0 Å². The second-order valence-electron chi connectivity index (χ2n) is 6.79. The van der Waals surface area contributed by atoms with Crippen molar-refractivity contribution >= 4 is 23.2 Å². The molecule has 0 radical (unpaired) electrons. The van der Waals surface area contributed by atoms with Crippen LogP contribution in [-0.2, 0) is 28.9 Å². The van der Waals surface area contributed by atoms with E-state index in [9.17, 15) is 9.59 Å². The van der Waals surface area contributed by atoms with Gasteiger partial charge in [0.2, 0.25) is 0 Å². The fraction of sp³-hybridized carbons (Fsp3) is 0.217. The fourth-order valence-electron chi connectivity index (χ4n) is 3.47. The zero-order valence-electron chi connectivity index (χ0n) is 16.1. The maximum atomic E-state index is 12.4. The Hall–Kier alpha value is -3.12. The van der Waals surface area contributed by atoms with E-state index in [2.05, 4.69) is 17.4 Å². The number of hydrogen-bond donors (Lipinski definition) is 1. The molecule has 0 unspecified atom stereocenters. The van der Waals surface area contributed by atoms with Gasteiger partial charge in [0.15, 0.2) is 6.61 Å². The molecule has 0 bridgehead atoms. The molecule has 6 heteroatoms. The molecule has 0 saturated carbocycles. The van der Waals surface area contributed by atoms with Gasteiger partial charge in [0.25, 0.3) is 5.91 Å². The number of nitrogens with one attached hydrogen (secondary N) is 1. The normalized spacial score (nSPS) is 11.9. The van der Waals surface area contributed by atoms with Crippen LogP contribution in [0.25, 0.3) is 10.4 Å². The Morgan fingerprint density at radius 1 is 1.03 bits per heavy atom. The smallest absolute Gasteiger partial charge is 0.348 e. The minimum Gasteiger partial charge on any atom is -0.496 e. The van der Waals surface area contributed by atoms with Gasteiger partial charge in [-0.3, -0.25) is 4.79 Å². The highest BCUT2D eigenvalue weighted by atomic mass is 32.1. The van der Waals surface area contributed by atoms with Crippen LogP contribution in [0.4, 0.5) is 0 Å². The van der Waals surface area contributed by atoms with Crippen LogP contribution in [-0.4, -0.2) is 25.6 Å². The van der Waals surface area contributed by atoms with E-state index in [1.165, 1.54) is 28.0 Å². The molecule has 0 atom stereocenters. The van der Waals surface area contributed by atoms with Crippen molar-refractivity contribution in [3.05, 3.63) is 76.2 Å². The van der Waals surface area contributed by atoms with Crippen molar-refractivity contribution in [1.29, 1.82) is 0 Å². The minimum absolute atomic E-state index is 0.310. The molecule has 1 aromatic heterocycles. The average molecular weight is 407 g/mol. The Morgan fingerprint density at radius 2 is 1.79 bits per heavy atom. The zero-order valence-corrected chi connectivity index (χ0v) is 16.9. The first-order chi connectivity index (χ1) is 14.2. The van der Waals surface area contributed by atoms with E-state index < -0.39 is 5.97 Å². The third kappa shape index (κ3) is 4.17. The lowest BCUT2D eigenvalue weighted by atomic mass is 9.91. The molecule has 29 heavy (non-hydrogen) atoms. The van der Waals surface area contributed by atoms with Crippen LogP contribution in [0.3, 0.4) is 0 Å². The number of para-hydroxylation sites is 1. The Kier molecular flexibility index (Phi) is 5.62. The Morgan fingerprint density at radius 3 is 2.66 bits per heavy atom. The molecule has 3 aromatic rings. The summed E-state index contributed by atoms with van der Waals surface area (Å²) in [6.45, 7) is -0.00237. The highest BCUT2D eigenvalue weighted by Crippen LogP contribution is 2.39. The molecule has 2 aromatic carbocycles. The first kappa shape index (κ1) is 19.2. The molecule has 5 nitrogen and oxygen atoms in total. The van der Waals surface area contributed by atoms with Crippen molar-refractivity contribution in [2.75, 3.05) is 13.7 Å². The van der Waals surface area contributed by atoms with Gasteiger partial charge in [-0.2, -0.15) is 0 Å². The minimum atomic E-state index is -0.464. The number of fused-ring (bicyclic) bond motifs is 3. The quantitative estimate of drug-likeness (QED) is 0.628. The van der Waals surface area contributed by atoms with Crippen molar-refractivity contribution in [2.45, 2.75) is 19.4 Å². The fourth-order valence-corrected chi connectivity index (χ4v) is 4.63. The van der Waals surface area contributed by atoms with E-state index in [-0.39, 0.29) is 12.5 Å². The van der Waals surface area contributed by atoms with Gasteiger partial charge in [-0.1, -0.05) is 42.5 Å². The van der Waals surface area contributed by atoms with Crippen molar-refractivity contribution < 1.29 is 19.1 Å². The Bertz CT molecular complexity index is 1060. The summed E-state index contributed by atoms with van der Waals surface area (Å²) in [5.74, 6) is -0.112. The maximum absolute atomic E-state index is 12.4. The van der Waals surface area contributed by atoms with Crippen LogP contribution >= 0.6 is 11.3 Å². The number of carbonyl (C=O) groups excluding carboxylic acids is 2. The molecule has 1 N–H and O–H groups in total. The number of amides is 1. The molecule has 0 fully saturated rings. The molecule has 0 aliphatic heterocycles. The molecule has 0 saturated heterocycles. The number of ether oxygens (including phenoxy) is 2. The molecular weight excluding hydrogens is 386 g/mol. The largest absolute Gasteiger partial charge is 0.496 e. The number of carbonyl (C=O) groups is 2. The van der Waals surface area contributed by atoms with Gasteiger partial charge < -0.3 is 14.8 Å². The number of benzene rings is 2. The van der Waals surface area contributed by atoms with Crippen LogP contribution in [0.1, 0.15) is 26.4 Å². The monoisotopic (exact) mass is 407 g/mol. The van der Waals surface area contributed by atoms with E-state index in [1.54, 1.807) is 7.11 Å². The molecule has 1 heterocycles. The summed E-state index contributed by atoms with van der Waals surface area (Å²) in [6.07, 6.45) is 1.88. The highest BCUT2D eigenvalue weighted by Gasteiger charge is 2.22. The van der Waals surface area contributed by atoms with E-state index in [4.69, 9.17) is 9.47 Å². The lowest BCUT2D eigenvalue weighted by Crippen LogP contribution is -2.28. The van der Waals surface area contributed by atoms with Crippen molar-refractivity contribution in [2.24, 2.45) is 0 Å². The van der Waals surface area contributed by atoms with Crippen LogP contribution < -0.4 is 10.1 Å². The molecule has 1 amide bonds. The lowest BCUT2D eigenvalue weighted by molar-refractivity contribution is -0.124. The molecule has 4 rings (SSSR count). The van der Waals surface area contributed by atoms with Gasteiger partial charge in [-0.15, -0.1) is 11.3 Å². The molecular formula is C23H21NO4S. The first-order valence-corrected chi connectivity index (χ1v) is 10.2. The van der Waals surface area contributed by atoms with Crippen molar-refractivity contribution in [3.8, 4) is 16.2 Å². The van der Waals surface area contributed by atoms with Gasteiger partial charge in [0.05, 0.1) is 7.11 Å². The van der Waals surface area contributed by atoms with Gasteiger partial charge >= 0.3 is 5.97 Å². The summed E-state index contributed by atoms with van der Waals surface area (Å²) in [5.41, 5.74) is 4.52. The maximum Gasteiger partial charge on any atom is 0.348 e. The van der Waals surface area contributed by atoms with Gasteiger partial charge in [-0.05, 0) is 41.7 Å². The number of aryl methyl sites for hydroxylation is 2. The van der Waals surface area contributed by atoms with Crippen LogP contribution in [0, 0.1) is 0 Å². The Labute approximate surface area is 173 Å². The number of hydrogen-bond acceptors (Lipinski definition) is 5. The molecule has 1 aliphatic carbocycles. The number of esters is 1. The topological polar surface area (TPSA) is 64.6 Å². The standard InChI is InChI=1S/C23H21NO4S/c1-27-19-9-5-3-7-17(19)13-24-21(25)14-28-23(26)20-12-16-11-10-15-6-2-4-8-18(15)22(16)29-20/h2-9,12H,10-11,13-14H2,1H3,(H,24,25). The van der Waals surface area contributed by atoms with Crippen LogP contribution in [0.5, 0.6) is 5.75 Å². The summed E-state index contributed by atoms with van der Waals surface area (Å²) in [4.78, 5) is 26.2. The number of thiophene rings is 1. The molecule has 0 spiro atoms. The second kappa shape index (κ2) is 8.49. The third-order valence-electron chi connectivity index (χ3n) is 4.94. The highest BCUT2D eigenvalue weighted by molar-refractivity contribution is 7.17. The number of rotatable bonds is 6. The summed E-state index contributed by atoms with van der Waals surface area (Å²) in [7, 11) is 1.58. The molecule has 148 valence electrons. The average Bonchev–Trinajstić information content (AvgIpc) is 3.21. The Balaban J connectivity index is 1.35. The summed E-state index contributed by atoms with van der Waals surface area (Å²) in [6, 6.07) is 17.6. The number of methoxy groups -OCH3 is 1. The first-order valence-electron chi connectivity index (χ1n) is 9.42. The zero-order chi connectivity index (χ0) is 20.2. The summed E-state index contributed by atoms with van der Waals surface area (Å²) >= 11 is 1.43. The van der Waals surface area contributed by atoms with E-state index in [1.807, 2.05) is 42.5 Å². The van der Waals surface area contributed by atoms with E-state index in [0.717, 1.165) is 23.3 Å². The van der Waals surface area contributed by atoms with Gasteiger partial charge in [0, 0.05) is 17.0 Å².